The molecule has 0 unspecified atom stereocenters. The molecule has 610 valence electrons. The average molecular weight is 1660 g/mol. The fourth-order valence-electron chi connectivity index (χ4n) is 21.6. The van der Waals surface area contributed by atoms with Crippen molar-refractivity contribution in [3.8, 4) is 100 Å². The van der Waals surface area contributed by atoms with E-state index in [1.54, 1.807) is 0 Å². The van der Waals surface area contributed by atoms with Gasteiger partial charge in [0.1, 0.15) is 0 Å². The maximum absolute atomic E-state index is 2.48. The first-order chi connectivity index (χ1) is 64.2. The van der Waals surface area contributed by atoms with Crippen molar-refractivity contribution in [2.75, 3.05) is 9.80 Å². The van der Waals surface area contributed by atoms with Gasteiger partial charge in [-0.3, -0.25) is 0 Å². The Morgan fingerprint density at radius 2 is 0.515 bits per heavy atom. The van der Waals surface area contributed by atoms with Gasteiger partial charge in [-0.25, -0.2) is 0 Å². The van der Waals surface area contributed by atoms with Gasteiger partial charge in [-0.15, -0.1) is 0 Å². The van der Waals surface area contributed by atoms with Gasteiger partial charge in [0.15, 0.2) is 0 Å². The monoisotopic (exact) mass is 1650 g/mol. The van der Waals surface area contributed by atoms with E-state index in [1.807, 2.05) is 0 Å². The molecule has 25 rings (SSSR count). The van der Waals surface area contributed by atoms with Crippen LogP contribution < -0.4 is 9.80 Å². The van der Waals surface area contributed by atoms with Crippen LogP contribution in [0.15, 0.2) is 485 Å². The Kier molecular flexibility index (Phi) is 17.8. The Balaban J connectivity index is 0.531. The zero-order chi connectivity index (χ0) is 86.1. The Bertz CT molecular complexity index is 8370. The van der Waals surface area contributed by atoms with Crippen LogP contribution in [0, 0.1) is 0 Å². The number of fused-ring (bicyclic) bond motifs is 14. The van der Waals surface area contributed by atoms with Gasteiger partial charge >= 0.3 is 0 Å². The molecule has 21 aromatic carbocycles. The highest BCUT2D eigenvalue weighted by Gasteiger charge is 2.47. The first-order valence-electron chi connectivity index (χ1n) is 45.1. The Labute approximate surface area is 756 Å². The Hall–Kier alpha value is -16.7. The molecule has 0 amide bonds. The van der Waals surface area contributed by atoms with E-state index in [2.05, 4.69) is 518 Å². The van der Waals surface area contributed by atoms with Gasteiger partial charge in [0, 0.05) is 72.5 Å². The normalized spacial score (nSPS) is 12.8. The smallest absolute Gasteiger partial charge is 0.0714 e. The summed E-state index contributed by atoms with van der Waals surface area (Å²) in [5, 5.41) is 9.68. The third-order valence-electron chi connectivity index (χ3n) is 27.9. The van der Waals surface area contributed by atoms with Crippen molar-refractivity contribution in [3.63, 3.8) is 0 Å². The second kappa shape index (κ2) is 30.6. The van der Waals surface area contributed by atoms with Gasteiger partial charge < -0.3 is 18.9 Å². The molecule has 0 saturated heterocycles. The summed E-state index contributed by atoms with van der Waals surface area (Å²) in [6.45, 7) is 4.75. The van der Waals surface area contributed by atoms with Crippen molar-refractivity contribution < 1.29 is 0 Å². The first-order valence-corrected chi connectivity index (χ1v) is 45.1. The highest BCUT2D eigenvalue weighted by atomic mass is 15.1. The summed E-state index contributed by atoms with van der Waals surface area (Å²) in [5.41, 5.74) is 39.5. The van der Waals surface area contributed by atoms with Crippen molar-refractivity contribution in [1.29, 1.82) is 0 Å². The first kappa shape index (κ1) is 75.8. The fraction of sp³-hybridized carbons (Fsp3) is 0.0317. The van der Waals surface area contributed by atoms with Crippen LogP contribution in [0.2, 0.25) is 0 Å². The summed E-state index contributed by atoms with van der Waals surface area (Å²) in [4.78, 5) is 4.91. The van der Waals surface area contributed by atoms with Crippen LogP contribution in [0.1, 0.15) is 47.2 Å². The molecule has 0 bridgehead atoms. The molecule has 0 fully saturated rings. The summed E-state index contributed by atoms with van der Waals surface area (Å²) in [6, 6.07) is 181. The van der Waals surface area contributed by atoms with Crippen LogP contribution in [-0.2, 0) is 10.8 Å². The number of anilines is 6. The highest BCUT2D eigenvalue weighted by Crippen LogP contribution is 2.58. The lowest BCUT2D eigenvalue weighted by molar-refractivity contribution is 0.660. The molecule has 0 radical (unpaired) electrons. The van der Waals surface area contributed by atoms with Crippen molar-refractivity contribution in [1.82, 2.24) is 9.13 Å². The molecule has 2 aliphatic rings. The van der Waals surface area contributed by atoms with E-state index in [-0.39, 0.29) is 5.41 Å². The summed E-state index contributed by atoms with van der Waals surface area (Å²) < 4.78 is 4.84. The van der Waals surface area contributed by atoms with Gasteiger partial charge in [-0.05, 0) is 296 Å². The van der Waals surface area contributed by atoms with Crippen LogP contribution in [-0.4, -0.2) is 9.13 Å². The van der Waals surface area contributed by atoms with Crippen LogP contribution in [0.5, 0.6) is 0 Å². The molecular weight excluding hydrogens is 1570 g/mol. The molecule has 2 aliphatic carbocycles. The molecule has 0 atom stereocenters. The van der Waals surface area contributed by atoms with E-state index in [9.17, 15) is 0 Å². The Morgan fingerprint density at radius 3 is 1.11 bits per heavy atom. The third-order valence-corrected chi connectivity index (χ3v) is 27.9. The summed E-state index contributed by atoms with van der Waals surface area (Å²) in [7, 11) is 0. The molecule has 2 heterocycles. The lowest BCUT2D eigenvalue weighted by Crippen LogP contribution is -2.28. The zero-order valence-electron chi connectivity index (χ0n) is 72.0. The molecule has 0 N–H and O–H groups in total. The number of hydrogen-bond acceptors (Lipinski definition) is 2. The van der Waals surface area contributed by atoms with Crippen LogP contribution >= 0.6 is 0 Å². The fourth-order valence-corrected chi connectivity index (χ4v) is 21.6. The van der Waals surface area contributed by atoms with Crippen LogP contribution in [0.4, 0.5) is 34.1 Å². The maximum Gasteiger partial charge on any atom is 0.0714 e. The summed E-state index contributed by atoms with van der Waals surface area (Å²) in [5.74, 6) is 0. The van der Waals surface area contributed by atoms with E-state index in [0.717, 1.165) is 95.5 Å². The molecule has 0 aliphatic heterocycles. The van der Waals surface area contributed by atoms with Gasteiger partial charge in [-0.2, -0.15) is 0 Å². The largest absolute Gasteiger partial charge is 0.310 e. The van der Waals surface area contributed by atoms with Gasteiger partial charge in [0.2, 0.25) is 0 Å². The van der Waals surface area contributed by atoms with Crippen molar-refractivity contribution in [2.45, 2.75) is 24.7 Å². The van der Waals surface area contributed by atoms with Gasteiger partial charge in [-0.1, -0.05) is 347 Å². The predicted molar refractivity (Wildman–Crippen MR) is 547 cm³/mol. The molecule has 0 spiro atoms. The topological polar surface area (TPSA) is 16.3 Å². The Morgan fingerprint density at radius 1 is 0.177 bits per heavy atom. The maximum atomic E-state index is 2.48. The SMILES string of the molecule is CC1(C)c2ccccc2-c2ccc(N(c3ccc(-c4ccc5c(c4)c4ccccc4n5-c4ccc(-c5ccccc5)cc4)cc3)c3ccc4ccc(-c5cccc(-c6ccc(-n7c8ccccc8c8cc(-c9cccc(N(c%10ccc(-c%11ccc%12ccccc%12c%11)cc%10)c%10ccc%11c(c%10)C(c%10ccccc%10)(c%10ccccc%10)c%10ccccc%10-%11)c9)ccc87)cc6)c5)cc4c3)cc21. The number of rotatable bonds is 16. The van der Waals surface area contributed by atoms with Crippen molar-refractivity contribution >= 4 is 99.3 Å². The van der Waals surface area contributed by atoms with Crippen LogP contribution in [0.3, 0.4) is 0 Å². The minimum absolute atomic E-state index is 0.180. The minimum Gasteiger partial charge on any atom is -0.310 e. The standard InChI is InChI=1S/C126H86N4/c1-125(2)117-40-18-14-36-109(117)111-70-68-107(81-119(111)125)128(102-61-52-88(53-62-102)96-57-72-123-115(79-96)113-38-16-20-42-121(113)129(123)103-63-48-85(49-64-103)83-24-6-3-7-25-83)106-67-56-89-45-47-95(76-98(89)78-106)92-29-22-28-91(74-92)86-54-65-104(66-55-86)130-122-43-21-17-39-114(122)116-80-97(58-73-124(116)130)93-30-23-35-105(77-93)127(101-59-50-87(51-60-101)94-46-44-84-26-12-13-27-90(84)75-94)108-69-71-112-110-37-15-19-41-118(110)126(120(112)82-108,99-31-8-4-9-32-99)100-33-10-5-11-34-100/h3-82H,1-2H3. The summed E-state index contributed by atoms with van der Waals surface area (Å²) in [6.07, 6.45) is 0. The highest BCUT2D eigenvalue weighted by molar-refractivity contribution is 6.12. The molecule has 0 saturated carbocycles. The average Bonchev–Trinajstić information content (AvgIpc) is 1.51. The van der Waals surface area contributed by atoms with Gasteiger partial charge in [0.05, 0.1) is 27.5 Å². The number of nitrogens with zero attached hydrogens (tertiary/aromatic N) is 4. The van der Waals surface area contributed by atoms with E-state index >= 15 is 0 Å². The predicted octanol–water partition coefficient (Wildman–Crippen LogP) is 33.8. The number of benzene rings is 21. The van der Waals surface area contributed by atoms with E-state index in [0.29, 0.717) is 0 Å². The lowest BCUT2D eigenvalue weighted by atomic mass is 9.67. The number of aromatic nitrogens is 2. The van der Waals surface area contributed by atoms with Crippen molar-refractivity contribution in [2.24, 2.45) is 0 Å². The molecule has 23 aromatic rings. The third kappa shape index (κ3) is 12.5. The summed E-state index contributed by atoms with van der Waals surface area (Å²) >= 11 is 0. The molecule has 4 heteroatoms. The van der Waals surface area contributed by atoms with E-state index < -0.39 is 5.41 Å². The molecular formula is C126H86N4. The zero-order valence-corrected chi connectivity index (χ0v) is 72.0. The molecule has 130 heavy (non-hydrogen) atoms. The van der Waals surface area contributed by atoms with Crippen LogP contribution in [0.25, 0.3) is 166 Å². The van der Waals surface area contributed by atoms with E-state index in [4.69, 9.17) is 0 Å². The minimum atomic E-state index is -0.569. The number of hydrogen-bond donors (Lipinski definition) is 0. The number of para-hydroxylation sites is 2. The van der Waals surface area contributed by atoms with Crippen molar-refractivity contribution in [3.05, 3.63) is 519 Å². The second-order valence-electron chi connectivity index (χ2n) is 35.5. The second-order valence-corrected chi connectivity index (χ2v) is 35.5. The quantitative estimate of drug-likeness (QED) is 0.0959. The molecule has 2 aromatic heterocycles. The van der Waals surface area contributed by atoms with E-state index in [1.165, 1.54) is 138 Å². The van der Waals surface area contributed by atoms with Gasteiger partial charge in [0.25, 0.3) is 0 Å². The molecule has 4 nitrogen and oxygen atoms in total. The lowest BCUT2D eigenvalue weighted by Gasteiger charge is -2.35.